The topological polar surface area (TPSA) is 93.2 Å². The van der Waals surface area contributed by atoms with Gasteiger partial charge in [-0.05, 0) is 24.3 Å². The van der Waals surface area contributed by atoms with Crippen LogP contribution in [0, 0.1) is 21.4 Å². The van der Waals surface area contributed by atoms with E-state index in [2.05, 4.69) is 0 Å². The highest BCUT2D eigenvalue weighted by Crippen LogP contribution is 2.33. The lowest BCUT2D eigenvalue weighted by Gasteiger charge is -2.08. The number of rotatable bonds is 4. The molecule has 2 rings (SSSR count). The largest absolute Gasteiger partial charge is 0.449 e. The van der Waals surface area contributed by atoms with Crippen LogP contribution in [-0.2, 0) is 0 Å². The van der Waals surface area contributed by atoms with Gasteiger partial charge in [0.25, 0.3) is 0 Å². The Hall–Kier alpha value is -3.20. The van der Waals surface area contributed by atoms with E-state index in [1.165, 1.54) is 24.3 Å². The van der Waals surface area contributed by atoms with Crippen molar-refractivity contribution in [1.29, 1.82) is 5.26 Å². The van der Waals surface area contributed by atoms with Crippen molar-refractivity contribution >= 4 is 12.0 Å². The number of nitro groups is 1. The zero-order chi connectivity index (χ0) is 14.5. The number of nitro benzene ring substituents is 1. The van der Waals surface area contributed by atoms with Crippen molar-refractivity contribution in [2.24, 2.45) is 0 Å². The van der Waals surface area contributed by atoms with Crippen molar-refractivity contribution in [3.05, 3.63) is 63.7 Å². The van der Waals surface area contributed by atoms with Crippen LogP contribution in [0.2, 0.25) is 0 Å². The molecule has 0 unspecified atom stereocenters. The first-order valence-electron chi connectivity index (χ1n) is 5.56. The Bertz CT molecular complexity index is 719. The highest BCUT2D eigenvalue weighted by atomic mass is 16.6. The van der Waals surface area contributed by atoms with E-state index in [0.29, 0.717) is 6.29 Å². The molecule has 0 amide bonds. The molecule has 6 nitrogen and oxygen atoms in total. The number of nitriles is 1. The highest BCUT2D eigenvalue weighted by Gasteiger charge is 2.17. The number of hydrogen-bond acceptors (Lipinski definition) is 5. The van der Waals surface area contributed by atoms with E-state index in [1.54, 1.807) is 12.1 Å². The summed E-state index contributed by atoms with van der Waals surface area (Å²) in [6.07, 6.45) is 0.602. The second-order valence-corrected chi connectivity index (χ2v) is 3.81. The van der Waals surface area contributed by atoms with Crippen molar-refractivity contribution in [3.8, 4) is 17.6 Å². The first-order chi connectivity index (χ1) is 9.65. The van der Waals surface area contributed by atoms with Gasteiger partial charge in [0.2, 0.25) is 5.75 Å². The minimum absolute atomic E-state index is 0.0247. The summed E-state index contributed by atoms with van der Waals surface area (Å²) in [5.74, 6) is 0.193. The Labute approximate surface area is 114 Å². The number of carbonyl (C=O) groups excluding carboxylic acids is 1. The summed E-state index contributed by atoms with van der Waals surface area (Å²) >= 11 is 0. The summed E-state index contributed by atoms with van der Waals surface area (Å²) in [7, 11) is 0. The van der Waals surface area contributed by atoms with Crippen LogP contribution in [0.1, 0.15) is 15.9 Å². The maximum Gasteiger partial charge on any atom is 0.312 e. The van der Waals surface area contributed by atoms with Crippen LogP contribution in [0.25, 0.3) is 0 Å². The number of para-hydroxylation sites is 1. The van der Waals surface area contributed by atoms with E-state index < -0.39 is 4.92 Å². The molecule has 0 aliphatic heterocycles. The Morgan fingerprint density at radius 1 is 1.20 bits per heavy atom. The van der Waals surface area contributed by atoms with Crippen LogP contribution >= 0.6 is 0 Å². The van der Waals surface area contributed by atoms with Crippen LogP contribution < -0.4 is 4.74 Å². The van der Waals surface area contributed by atoms with Crippen molar-refractivity contribution in [2.45, 2.75) is 0 Å². The maximum absolute atomic E-state index is 11.0. The average molecular weight is 268 g/mol. The zero-order valence-electron chi connectivity index (χ0n) is 10.1. The number of hydrogen-bond donors (Lipinski definition) is 0. The van der Waals surface area contributed by atoms with Crippen molar-refractivity contribution in [2.75, 3.05) is 0 Å². The van der Waals surface area contributed by atoms with Gasteiger partial charge in [-0.25, -0.2) is 0 Å². The van der Waals surface area contributed by atoms with Gasteiger partial charge in [0, 0.05) is 6.07 Å². The van der Waals surface area contributed by atoms with Crippen LogP contribution in [0.4, 0.5) is 5.69 Å². The average Bonchev–Trinajstić information content (AvgIpc) is 2.48. The quantitative estimate of drug-likeness (QED) is 0.482. The lowest BCUT2D eigenvalue weighted by atomic mass is 10.2. The van der Waals surface area contributed by atoms with Crippen LogP contribution in [0.3, 0.4) is 0 Å². The molecule has 2 aromatic carbocycles. The summed E-state index contributed by atoms with van der Waals surface area (Å²) in [4.78, 5) is 21.2. The van der Waals surface area contributed by atoms with E-state index in [0.717, 1.165) is 6.07 Å². The molecule has 98 valence electrons. The normalized spacial score (nSPS) is 9.55. The lowest BCUT2D eigenvalue weighted by Crippen LogP contribution is -1.96. The van der Waals surface area contributed by atoms with Crippen LogP contribution in [-0.4, -0.2) is 11.2 Å². The third-order valence-electron chi connectivity index (χ3n) is 2.55. The highest BCUT2D eigenvalue weighted by molar-refractivity contribution is 5.79. The minimum Gasteiger partial charge on any atom is -0.449 e. The summed E-state index contributed by atoms with van der Waals surface area (Å²) in [5, 5.41) is 19.7. The number of nitrogens with zero attached hydrogens (tertiary/aromatic N) is 2. The van der Waals surface area contributed by atoms with Gasteiger partial charge in [0.05, 0.1) is 22.1 Å². The fourth-order valence-corrected chi connectivity index (χ4v) is 1.61. The van der Waals surface area contributed by atoms with Crippen LogP contribution in [0.15, 0.2) is 42.5 Å². The van der Waals surface area contributed by atoms with Gasteiger partial charge < -0.3 is 4.74 Å². The molecule has 0 radical (unpaired) electrons. The molecular weight excluding hydrogens is 260 g/mol. The summed E-state index contributed by atoms with van der Waals surface area (Å²) in [5.41, 5.74) is 0.114. The van der Waals surface area contributed by atoms with Crippen molar-refractivity contribution < 1.29 is 14.5 Å². The number of aldehydes is 1. The van der Waals surface area contributed by atoms with Gasteiger partial charge in [-0.15, -0.1) is 0 Å². The smallest absolute Gasteiger partial charge is 0.312 e. The van der Waals surface area contributed by atoms with Gasteiger partial charge in [0.15, 0.2) is 6.29 Å². The van der Waals surface area contributed by atoms with E-state index in [4.69, 9.17) is 10.00 Å². The monoisotopic (exact) mass is 268 g/mol. The predicted octanol–water partition coefficient (Wildman–Crippen LogP) is 3.07. The Morgan fingerprint density at radius 2 is 1.95 bits per heavy atom. The number of ether oxygens (including phenoxy) is 1. The molecule has 0 heterocycles. The molecule has 0 fully saturated rings. The zero-order valence-corrected chi connectivity index (χ0v) is 10.1. The Morgan fingerprint density at radius 3 is 2.60 bits per heavy atom. The van der Waals surface area contributed by atoms with E-state index >= 15 is 0 Å². The van der Waals surface area contributed by atoms with Gasteiger partial charge in [0.1, 0.15) is 5.75 Å². The minimum atomic E-state index is -0.639. The summed E-state index contributed by atoms with van der Waals surface area (Å²) in [6, 6.07) is 12.1. The molecule has 0 N–H and O–H groups in total. The molecule has 0 saturated heterocycles. The van der Waals surface area contributed by atoms with Crippen LogP contribution in [0.5, 0.6) is 11.5 Å². The lowest BCUT2D eigenvalue weighted by molar-refractivity contribution is -0.385. The van der Waals surface area contributed by atoms with E-state index in [9.17, 15) is 14.9 Å². The molecule has 0 spiro atoms. The predicted molar refractivity (Wildman–Crippen MR) is 69.7 cm³/mol. The summed E-state index contributed by atoms with van der Waals surface area (Å²) < 4.78 is 5.41. The third-order valence-corrected chi connectivity index (χ3v) is 2.55. The molecule has 0 bridgehead atoms. The van der Waals surface area contributed by atoms with Gasteiger partial charge >= 0.3 is 5.69 Å². The molecule has 0 saturated carbocycles. The first-order valence-corrected chi connectivity index (χ1v) is 5.56. The number of carbonyl (C=O) groups is 1. The van der Waals surface area contributed by atoms with Crippen molar-refractivity contribution in [3.63, 3.8) is 0 Å². The second kappa shape index (κ2) is 5.63. The van der Waals surface area contributed by atoms with Gasteiger partial charge in [-0.1, -0.05) is 12.1 Å². The molecule has 0 aromatic heterocycles. The Kier molecular flexibility index (Phi) is 3.72. The fraction of sp³-hybridized carbons (Fsp3) is 0. The van der Waals surface area contributed by atoms with Gasteiger partial charge in [-0.2, -0.15) is 5.26 Å². The molecule has 0 aliphatic carbocycles. The maximum atomic E-state index is 11.0. The third kappa shape index (κ3) is 2.62. The van der Waals surface area contributed by atoms with Gasteiger partial charge in [-0.3, -0.25) is 14.9 Å². The fourth-order valence-electron chi connectivity index (χ4n) is 1.61. The van der Waals surface area contributed by atoms with E-state index in [1.807, 2.05) is 6.07 Å². The molecule has 2 aromatic rings. The molecular formula is C14H8N2O4. The molecule has 0 aliphatic rings. The summed E-state index contributed by atoms with van der Waals surface area (Å²) in [6.45, 7) is 0. The first kappa shape index (κ1) is 13.2. The standard InChI is InChI=1S/C14H8N2O4/c15-8-10-5-6-14(12(7-10)16(18)19)20-13-4-2-1-3-11(13)9-17/h1-7,9H. The second-order valence-electron chi connectivity index (χ2n) is 3.81. The molecule has 0 atom stereocenters. The Balaban J connectivity index is 2.46. The molecule has 6 heteroatoms. The van der Waals surface area contributed by atoms with Crippen molar-refractivity contribution in [1.82, 2.24) is 0 Å². The number of benzene rings is 2. The SMILES string of the molecule is N#Cc1ccc(Oc2ccccc2C=O)c([N+](=O)[O-])c1. The van der Waals surface area contributed by atoms with E-state index in [-0.39, 0.29) is 28.3 Å². The molecule has 20 heavy (non-hydrogen) atoms.